The Labute approximate surface area is 139 Å². The molecule has 22 heavy (non-hydrogen) atoms. The first-order valence-electron chi connectivity index (χ1n) is 7.45. The van der Waals surface area contributed by atoms with E-state index in [0.29, 0.717) is 19.0 Å². The van der Waals surface area contributed by atoms with Crippen molar-refractivity contribution in [3.05, 3.63) is 32.2 Å². The minimum Gasteiger partial charge on any atom is -0.357 e. The first-order valence-corrected chi connectivity index (χ1v) is 9.21. The second-order valence-corrected chi connectivity index (χ2v) is 7.11. The minimum atomic E-state index is 0.473. The third-order valence-electron chi connectivity index (χ3n) is 3.14. The molecule has 0 aliphatic rings. The molecule has 0 atom stereocenters. The molecule has 0 saturated carbocycles. The zero-order valence-electron chi connectivity index (χ0n) is 13.5. The lowest BCUT2D eigenvalue weighted by atomic mass is 10.2. The molecule has 0 unspecified atom stereocenters. The molecule has 120 valence electrons. The van der Waals surface area contributed by atoms with Crippen molar-refractivity contribution in [1.82, 2.24) is 20.6 Å². The van der Waals surface area contributed by atoms with Gasteiger partial charge in [0.15, 0.2) is 5.96 Å². The normalized spacial score (nSPS) is 12.0. The molecule has 0 amide bonds. The van der Waals surface area contributed by atoms with Gasteiger partial charge in [-0.15, -0.1) is 22.7 Å². The largest absolute Gasteiger partial charge is 0.357 e. The Morgan fingerprint density at radius 3 is 2.73 bits per heavy atom. The second kappa shape index (κ2) is 8.24. The third-order valence-corrected chi connectivity index (χ3v) is 4.92. The summed E-state index contributed by atoms with van der Waals surface area (Å²) >= 11 is 3.34. The average molecular weight is 338 g/mol. The Morgan fingerprint density at radius 2 is 2.14 bits per heavy atom. The van der Waals surface area contributed by atoms with Crippen LogP contribution in [-0.2, 0) is 13.1 Å². The fourth-order valence-electron chi connectivity index (χ4n) is 1.80. The number of hydrogen-bond acceptors (Lipinski definition) is 5. The van der Waals surface area contributed by atoms with E-state index in [2.05, 4.69) is 51.7 Å². The number of aromatic nitrogens is 2. The molecule has 5 nitrogen and oxygen atoms in total. The zero-order valence-corrected chi connectivity index (χ0v) is 15.1. The molecule has 2 aromatic heterocycles. The van der Waals surface area contributed by atoms with E-state index in [1.165, 1.54) is 4.88 Å². The summed E-state index contributed by atoms with van der Waals surface area (Å²) in [4.78, 5) is 14.7. The van der Waals surface area contributed by atoms with Crippen LogP contribution in [0.25, 0.3) is 0 Å². The van der Waals surface area contributed by atoms with Gasteiger partial charge in [-0.3, -0.25) is 0 Å². The maximum atomic E-state index is 4.63. The Balaban J connectivity index is 1.94. The van der Waals surface area contributed by atoms with Crippen LogP contribution in [0.15, 0.2) is 15.9 Å². The predicted octanol–water partition coefficient (Wildman–Crippen LogP) is 3.29. The van der Waals surface area contributed by atoms with E-state index in [-0.39, 0.29) is 0 Å². The number of nitrogens with zero attached hydrogens (tertiary/aromatic N) is 3. The SMILES string of the molecule is CCNC(=NCc1scnc1C)NCc1nc(C(C)C)cs1. The fourth-order valence-corrected chi connectivity index (χ4v) is 3.40. The van der Waals surface area contributed by atoms with Crippen LogP contribution in [0.4, 0.5) is 0 Å². The Morgan fingerprint density at radius 1 is 1.32 bits per heavy atom. The van der Waals surface area contributed by atoms with Gasteiger partial charge in [0.25, 0.3) is 0 Å². The summed E-state index contributed by atoms with van der Waals surface area (Å²) in [6.45, 7) is 10.6. The van der Waals surface area contributed by atoms with Gasteiger partial charge in [0.05, 0.1) is 30.0 Å². The monoisotopic (exact) mass is 337 g/mol. The van der Waals surface area contributed by atoms with Gasteiger partial charge in [-0.1, -0.05) is 13.8 Å². The van der Waals surface area contributed by atoms with Crippen LogP contribution in [-0.4, -0.2) is 22.5 Å². The van der Waals surface area contributed by atoms with Crippen LogP contribution in [0.3, 0.4) is 0 Å². The Bertz CT molecular complexity index is 615. The summed E-state index contributed by atoms with van der Waals surface area (Å²) in [6.07, 6.45) is 0. The number of aryl methyl sites for hydroxylation is 1. The summed E-state index contributed by atoms with van der Waals surface area (Å²) in [5, 5.41) is 9.82. The van der Waals surface area contributed by atoms with Crippen molar-refractivity contribution in [1.29, 1.82) is 0 Å². The lowest BCUT2D eigenvalue weighted by Crippen LogP contribution is -2.36. The van der Waals surface area contributed by atoms with E-state index in [1.807, 2.05) is 12.4 Å². The van der Waals surface area contributed by atoms with Gasteiger partial charge < -0.3 is 10.6 Å². The van der Waals surface area contributed by atoms with Gasteiger partial charge in [-0.05, 0) is 19.8 Å². The molecule has 2 N–H and O–H groups in total. The standard InChI is InChI=1S/C15H23N5S2/c1-5-16-15(17-6-13-11(4)19-9-22-13)18-7-14-20-12(8-21-14)10(2)3/h8-10H,5-7H2,1-4H3,(H2,16,17,18). The third kappa shape index (κ3) is 4.78. The first-order chi connectivity index (χ1) is 10.6. The highest BCUT2D eigenvalue weighted by molar-refractivity contribution is 7.10. The van der Waals surface area contributed by atoms with Crippen LogP contribution in [0.5, 0.6) is 0 Å². The summed E-state index contributed by atoms with van der Waals surface area (Å²) in [5.74, 6) is 1.29. The molecule has 2 heterocycles. The fraction of sp³-hybridized carbons (Fsp3) is 0.533. The van der Waals surface area contributed by atoms with Crippen LogP contribution >= 0.6 is 22.7 Å². The zero-order chi connectivity index (χ0) is 15.9. The quantitative estimate of drug-likeness (QED) is 0.627. The number of guanidine groups is 1. The average Bonchev–Trinajstić information content (AvgIpc) is 3.11. The van der Waals surface area contributed by atoms with Crippen molar-refractivity contribution in [3.63, 3.8) is 0 Å². The molecule has 0 saturated heterocycles. The van der Waals surface area contributed by atoms with Gasteiger partial charge in [-0.25, -0.2) is 15.0 Å². The van der Waals surface area contributed by atoms with Gasteiger partial charge in [0.1, 0.15) is 5.01 Å². The molecule has 0 aliphatic heterocycles. The van der Waals surface area contributed by atoms with Gasteiger partial charge in [0.2, 0.25) is 0 Å². The van der Waals surface area contributed by atoms with Crippen molar-refractivity contribution >= 4 is 28.6 Å². The van der Waals surface area contributed by atoms with E-state index in [0.717, 1.165) is 28.9 Å². The predicted molar refractivity (Wildman–Crippen MR) is 94.7 cm³/mol. The second-order valence-electron chi connectivity index (χ2n) is 5.23. The molecule has 7 heteroatoms. The lowest BCUT2D eigenvalue weighted by Gasteiger charge is -2.09. The Kier molecular flexibility index (Phi) is 6.33. The topological polar surface area (TPSA) is 62.2 Å². The van der Waals surface area contributed by atoms with Gasteiger partial charge in [0, 0.05) is 16.8 Å². The molecular weight excluding hydrogens is 314 g/mol. The molecule has 0 aromatic carbocycles. The van der Waals surface area contributed by atoms with Crippen molar-refractivity contribution in [3.8, 4) is 0 Å². The summed E-state index contributed by atoms with van der Waals surface area (Å²) in [5.41, 5.74) is 4.08. The Hall–Kier alpha value is -1.47. The van der Waals surface area contributed by atoms with Crippen LogP contribution in [0.2, 0.25) is 0 Å². The maximum absolute atomic E-state index is 4.63. The van der Waals surface area contributed by atoms with E-state index < -0.39 is 0 Å². The lowest BCUT2D eigenvalue weighted by molar-refractivity contribution is 0.788. The molecule has 0 fully saturated rings. The van der Waals surface area contributed by atoms with E-state index in [9.17, 15) is 0 Å². The summed E-state index contributed by atoms with van der Waals surface area (Å²) in [7, 11) is 0. The number of hydrogen-bond donors (Lipinski definition) is 2. The first kappa shape index (κ1) is 16.9. The van der Waals surface area contributed by atoms with Crippen LogP contribution in [0, 0.1) is 6.92 Å². The maximum Gasteiger partial charge on any atom is 0.191 e. The van der Waals surface area contributed by atoms with E-state index >= 15 is 0 Å². The summed E-state index contributed by atoms with van der Waals surface area (Å²) < 4.78 is 0. The number of aliphatic imine (C=N–C) groups is 1. The number of rotatable bonds is 6. The number of nitrogens with one attached hydrogen (secondary N) is 2. The molecule has 2 aromatic rings. The highest BCUT2D eigenvalue weighted by atomic mass is 32.1. The minimum absolute atomic E-state index is 0.473. The van der Waals surface area contributed by atoms with Crippen molar-refractivity contribution in [2.75, 3.05) is 6.54 Å². The van der Waals surface area contributed by atoms with Crippen LogP contribution < -0.4 is 10.6 Å². The molecular formula is C15H23N5S2. The van der Waals surface area contributed by atoms with E-state index in [1.54, 1.807) is 22.7 Å². The molecule has 0 aliphatic carbocycles. The number of thiazole rings is 2. The van der Waals surface area contributed by atoms with E-state index in [4.69, 9.17) is 0 Å². The van der Waals surface area contributed by atoms with Crippen LogP contribution in [0.1, 0.15) is 48.0 Å². The highest BCUT2D eigenvalue weighted by Crippen LogP contribution is 2.17. The molecule has 2 rings (SSSR count). The van der Waals surface area contributed by atoms with Crippen molar-refractivity contribution in [2.24, 2.45) is 4.99 Å². The molecule has 0 radical (unpaired) electrons. The molecule has 0 spiro atoms. The highest BCUT2D eigenvalue weighted by Gasteiger charge is 2.07. The van der Waals surface area contributed by atoms with Gasteiger partial charge in [-0.2, -0.15) is 0 Å². The summed E-state index contributed by atoms with van der Waals surface area (Å²) in [6, 6.07) is 0. The van der Waals surface area contributed by atoms with Crippen molar-refractivity contribution in [2.45, 2.75) is 46.7 Å². The molecule has 0 bridgehead atoms. The van der Waals surface area contributed by atoms with Gasteiger partial charge >= 0.3 is 0 Å². The van der Waals surface area contributed by atoms with Crippen molar-refractivity contribution < 1.29 is 0 Å². The smallest absolute Gasteiger partial charge is 0.191 e.